The maximum atomic E-state index is 12.9. The number of nitrogens with one attached hydrogen (secondary N) is 2. The van der Waals surface area contributed by atoms with Crippen molar-refractivity contribution in [1.82, 2.24) is 10.6 Å². The van der Waals surface area contributed by atoms with E-state index in [-0.39, 0.29) is 38.2 Å². The first-order valence-electron chi connectivity index (χ1n) is 10.1. The summed E-state index contributed by atoms with van der Waals surface area (Å²) in [7, 11) is 0. The molecule has 0 saturated heterocycles. The smallest absolute Gasteiger partial charge is 0.326 e. The van der Waals surface area contributed by atoms with Gasteiger partial charge in [0.25, 0.3) is 0 Å². The third kappa shape index (κ3) is 10.4. The van der Waals surface area contributed by atoms with E-state index in [1.165, 1.54) is 0 Å². The van der Waals surface area contributed by atoms with Crippen molar-refractivity contribution in [3.05, 3.63) is 35.9 Å². The van der Waals surface area contributed by atoms with Crippen LogP contribution in [0.1, 0.15) is 31.2 Å². The molecular formula is C20H31N7O5. The van der Waals surface area contributed by atoms with Gasteiger partial charge in [-0.1, -0.05) is 30.3 Å². The molecule has 0 bridgehead atoms. The van der Waals surface area contributed by atoms with E-state index in [4.69, 9.17) is 22.9 Å². The molecule has 0 aliphatic carbocycles. The first-order chi connectivity index (χ1) is 15.1. The van der Waals surface area contributed by atoms with E-state index in [1.54, 1.807) is 30.3 Å². The van der Waals surface area contributed by atoms with Crippen LogP contribution in [0.3, 0.4) is 0 Å². The van der Waals surface area contributed by atoms with Crippen LogP contribution < -0.4 is 33.6 Å². The average Bonchev–Trinajstić information content (AvgIpc) is 2.73. The second kappa shape index (κ2) is 13.6. The highest BCUT2D eigenvalue weighted by Gasteiger charge is 2.28. The summed E-state index contributed by atoms with van der Waals surface area (Å²) in [6, 6.07) is 5.55. The molecule has 1 aromatic rings. The summed E-state index contributed by atoms with van der Waals surface area (Å²) in [5.74, 6) is -3.28. The van der Waals surface area contributed by atoms with Crippen LogP contribution in [-0.4, -0.2) is 59.4 Å². The standard InChI is InChI=1S/C20H31N7O5/c21-13(8-9-16(22)28)17(29)27-15(11-12-5-2-1-3-6-12)18(30)26-14(19(31)32)7-4-10-25-20(23)24/h1-3,5-6,13-15H,4,7-11,21H2,(H2,22,28)(H,26,30)(H,27,29)(H,31,32)(H4,23,24,25). The van der Waals surface area contributed by atoms with Gasteiger partial charge in [-0.05, 0) is 24.8 Å². The van der Waals surface area contributed by atoms with Gasteiger partial charge in [0.1, 0.15) is 12.1 Å². The van der Waals surface area contributed by atoms with Crippen molar-refractivity contribution in [3.63, 3.8) is 0 Å². The zero-order valence-electron chi connectivity index (χ0n) is 17.7. The number of carboxylic acids is 1. The topological polar surface area (TPSA) is 229 Å². The minimum Gasteiger partial charge on any atom is -0.480 e. The van der Waals surface area contributed by atoms with Crippen molar-refractivity contribution in [2.45, 2.75) is 50.2 Å². The molecule has 3 unspecified atom stereocenters. The van der Waals surface area contributed by atoms with Crippen molar-refractivity contribution >= 4 is 29.7 Å². The van der Waals surface area contributed by atoms with Gasteiger partial charge in [-0.3, -0.25) is 19.4 Å². The number of aliphatic carboxylic acids is 1. The van der Waals surface area contributed by atoms with Crippen LogP contribution in [0.2, 0.25) is 0 Å². The van der Waals surface area contributed by atoms with Crippen LogP contribution in [0.4, 0.5) is 0 Å². The van der Waals surface area contributed by atoms with Gasteiger partial charge in [0.05, 0.1) is 6.04 Å². The monoisotopic (exact) mass is 449 g/mol. The molecule has 0 saturated carbocycles. The molecule has 1 rings (SSSR count). The fourth-order valence-corrected chi connectivity index (χ4v) is 2.80. The van der Waals surface area contributed by atoms with Gasteiger partial charge in [-0.15, -0.1) is 0 Å². The van der Waals surface area contributed by atoms with Crippen LogP contribution in [0.25, 0.3) is 0 Å². The van der Waals surface area contributed by atoms with Gasteiger partial charge in [0, 0.05) is 19.4 Å². The number of carbonyl (C=O) groups excluding carboxylic acids is 3. The molecular weight excluding hydrogens is 418 g/mol. The minimum atomic E-state index is -1.23. The molecule has 32 heavy (non-hydrogen) atoms. The summed E-state index contributed by atoms with van der Waals surface area (Å²) in [5, 5.41) is 14.4. The summed E-state index contributed by atoms with van der Waals surface area (Å²) in [6.07, 6.45) is 0.455. The molecule has 0 heterocycles. The van der Waals surface area contributed by atoms with E-state index in [2.05, 4.69) is 15.6 Å². The van der Waals surface area contributed by atoms with E-state index in [0.717, 1.165) is 5.56 Å². The Morgan fingerprint density at radius 2 is 1.56 bits per heavy atom. The van der Waals surface area contributed by atoms with E-state index in [1.807, 2.05) is 0 Å². The highest BCUT2D eigenvalue weighted by atomic mass is 16.4. The van der Waals surface area contributed by atoms with Gasteiger partial charge < -0.3 is 38.7 Å². The highest BCUT2D eigenvalue weighted by Crippen LogP contribution is 2.06. The Hall–Kier alpha value is -3.67. The minimum absolute atomic E-state index is 0.0172. The number of hydrogen-bond acceptors (Lipinski definition) is 6. The van der Waals surface area contributed by atoms with Crippen LogP contribution >= 0.6 is 0 Å². The predicted octanol–water partition coefficient (Wildman–Crippen LogP) is -2.07. The summed E-state index contributed by atoms with van der Waals surface area (Å²) in [5.41, 5.74) is 22.1. The number of carboxylic acid groups (broad SMARTS) is 1. The fraction of sp³-hybridized carbons (Fsp3) is 0.450. The van der Waals surface area contributed by atoms with Crippen molar-refractivity contribution in [2.24, 2.45) is 27.9 Å². The van der Waals surface area contributed by atoms with Crippen molar-refractivity contribution < 1.29 is 24.3 Å². The first-order valence-corrected chi connectivity index (χ1v) is 10.1. The van der Waals surface area contributed by atoms with E-state index >= 15 is 0 Å². The van der Waals surface area contributed by atoms with Crippen LogP contribution in [-0.2, 0) is 25.6 Å². The Morgan fingerprint density at radius 1 is 0.938 bits per heavy atom. The van der Waals surface area contributed by atoms with Gasteiger partial charge in [0.15, 0.2) is 5.96 Å². The predicted molar refractivity (Wildman–Crippen MR) is 118 cm³/mol. The number of benzene rings is 1. The third-order valence-electron chi connectivity index (χ3n) is 4.51. The molecule has 0 aromatic heterocycles. The average molecular weight is 450 g/mol. The fourth-order valence-electron chi connectivity index (χ4n) is 2.80. The Morgan fingerprint density at radius 3 is 2.12 bits per heavy atom. The Kier molecular flexibility index (Phi) is 11.2. The molecule has 0 spiro atoms. The number of aliphatic imine (C=N–C) groups is 1. The van der Waals surface area contributed by atoms with Crippen molar-refractivity contribution in [1.29, 1.82) is 0 Å². The molecule has 0 fully saturated rings. The molecule has 3 amide bonds. The van der Waals surface area contributed by atoms with Gasteiger partial charge in [-0.25, -0.2) is 4.79 Å². The maximum Gasteiger partial charge on any atom is 0.326 e. The third-order valence-corrected chi connectivity index (χ3v) is 4.51. The van der Waals surface area contributed by atoms with Crippen LogP contribution in [0.15, 0.2) is 35.3 Å². The molecule has 0 radical (unpaired) electrons. The molecule has 11 N–H and O–H groups in total. The number of carbonyl (C=O) groups is 4. The normalized spacial score (nSPS) is 13.3. The summed E-state index contributed by atoms with van der Waals surface area (Å²) >= 11 is 0. The lowest BCUT2D eigenvalue weighted by Crippen LogP contribution is -2.55. The molecule has 0 aliphatic heterocycles. The second-order valence-corrected chi connectivity index (χ2v) is 7.21. The molecule has 1 aromatic carbocycles. The number of guanidine groups is 1. The van der Waals surface area contributed by atoms with Crippen molar-refractivity contribution in [3.8, 4) is 0 Å². The van der Waals surface area contributed by atoms with E-state index < -0.39 is 41.8 Å². The molecule has 3 atom stereocenters. The lowest BCUT2D eigenvalue weighted by atomic mass is 10.0. The first kappa shape index (κ1) is 26.4. The number of nitrogens with zero attached hydrogens (tertiary/aromatic N) is 1. The number of nitrogens with two attached hydrogens (primary N) is 4. The lowest BCUT2D eigenvalue weighted by Gasteiger charge is -2.23. The zero-order valence-corrected chi connectivity index (χ0v) is 17.7. The van der Waals surface area contributed by atoms with Crippen LogP contribution in [0.5, 0.6) is 0 Å². The summed E-state index contributed by atoms with van der Waals surface area (Å²) in [6.45, 7) is 0.209. The Bertz CT molecular complexity index is 812. The number of primary amides is 1. The molecule has 176 valence electrons. The second-order valence-electron chi connectivity index (χ2n) is 7.21. The van der Waals surface area contributed by atoms with Gasteiger partial charge >= 0.3 is 5.97 Å². The van der Waals surface area contributed by atoms with E-state index in [0.29, 0.717) is 6.42 Å². The van der Waals surface area contributed by atoms with Crippen molar-refractivity contribution in [2.75, 3.05) is 6.54 Å². The molecule has 12 nitrogen and oxygen atoms in total. The number of amides is 3. The van der Waals surface area contributed by atoms with Gasteiger partial charge in [-0.2, -0.15) is 0 Å². The van der Waals surface area contributed by atoms with Crippen LogP contribution in [0, 0.1) is 0 Å². The maximum absolute atomic E-state index is 12.9. The SMILES string of the molecule is NC(=O)CCC(N)C(=O)NC(Cc1ccccc1)C(=O)NC(CCCN=C(N)N)C(=O)O. The Labute approximate surface area is 185 Å². The molecule has 12 heteroatoms. The number of hydrogen-bond donors (Lipinski definition) is 7. The summed E-state index contributed by atoms with van der Waals surface area (Å²) < 4.78 is 0. The lowest BCUT2D eigenvalue weighted by molar-refractivity contribution is -0.142. The summed E-state index contributed by atoms with van der Waals surface area (Å²) in [4.78, 5) is 51.6. The number of rotatable bonds is 14. The molecule has 0 aliphatic rings. The van der Waals surface area contributed by atoms with Gasteiger partial charge in [0.2, 0.25) is 17.7 Å². The van der Waals surface area contributed by atoms with E-state index in [9.17, 15) is 24.3 Å². The largest absolute Gasteiger partial charge is 0.480 e. The Balaban J connectivity index is 2.87. The zero-order chi connectivity index (χ0) is 24.1. The highest BCUT2D eigenvalue weighted by molar-refractivity contribution is 5.92. The quantitative estimate of drug-likeness (QED) is 0.0945.